The number of likely N-dealkylation sites (tertiary alicyclic amines) is 1. The molecular weight excluding hydrogens is 333 g/mol. The number of rotatable bonds is 3. The molecule has 25 heavy (non-hydrogen) atoms. The number of likely N-dealkylation sites (N-methyl/N-ethyl adjacent to an activating group) is 1. The summed E-state index contributed by atoms with van der Waals surface area (Å²) in [7, 11) is 3.54. The van der Waals surface area contributed by atoms with Crippen molar-refractivity contribution in [2.24, 2.45) is 5.41 Å². The number of halogens is 3. The number of nitrogens with zero attached hydrogens (tertiary/aromatic N) is 4. The molecule has 1 atom stereocenters. The molecule has 138 valence electrons. The summed E-state index contributed by atoms with van der Waals surface area (Å²) in [5.74, 6) is -3.45. The van der Waals surface area contributed by atoms with E-state index in [-0.39, 0.29) is 50.7 Å². The van der Waals surface area contributed by atoms with Gasteiger partial charge in [-0.3, -0.25) is 4.79 Å². The highest BCUT2D eigenvalue weighted by Crippen LogP contribution is 2.50. The summed E-state index contributed by atoms with van der Waals surface area (Å²) in [6.45, 7) is 0.552. The summed E-state index contributed by atoms with van der Waals surface area (Å²) in [5, 5.41) is 0. The number of aromatic nitrogens is 1. The first-order valence-electron chi connectivity index (χ1n) is 8.40. The van der Waals surface area contributed by atoms with E-state index in [1.165, 1.54) is 23.2 Å². The van der Waals surface area contributed by atoms with Crippen LogP contribution < -0.4 is 4.90 Å². The van der Waals surface area contributed by atoms with Gasteiger partial charge in [0.1, 0.15) is 0 Å². The van der Waals surface area contributed by atoms with Crippen LogP contribution >= 0.6 is 0 Å². The molecule has 8 heteroatoms. The average molecular weight is 356 g/mol. The van der Waals surface area contributed by atoms with Crippen LogP contribution in [0.3, 0.4) is 0 Å². The van der Waals surface area contributed by atoms with Crippen LogP contribution in [0.5, 0.6) is 0 Å². The van der Waals surface area contributed by atoms with Crippen LogP contribution in [0.1, 0.15) is 12.8 Å². The predicted octanol–water partition coefficient (Wildman–Crippen LogP) is 1.85. The second-order valence-electron chi connectivity index (χ2n) is 7.27. The fourth-order valence-electron chi connectivity index (χ4n) is 3.77. The molecule has 0 saturated carbocycles. The van der Waals surface area contributed by atoms with Crippen LogP contribution in [0.15, 0.2) is 18.3 Å². The third kappa shape index (κ3) is 3.31. The second kappa shape index (κ2) is 6.48. The van der Waals surface area contributed by atoms with Gasteiger partial charge in [-0.25, -0.2) is 18.2 Å². The van der Waals surface area contributed by atoms with Crippen molar-refractivity contribution in [2.45, 2.75) is 18.8 Å². The molecule has 2 aliphatic rings. The van der Waals surface area contributed by atoms with E-state index in [1.807, 2.05) is 0 Å². The number of carbonyl (C=O) groups excluding carboxylic acids is 1. The Morgan fingerprint density at radius 3 is 2.72 bits per heavy atom. The van der Waals surface area contributed by atoms with Crippen molar-refractivity contribution < 1.29 is 18.0 Å². The van der Waals surface area contributed by atoms with E-state index in [4.69, 9.17) is 0 Å². The van der Waals surface area contributed by atoms with Crippen LogP contribution in [-0.2, 0) is 4.79 Å². The number of amides is 1. The predicted molar refractivity (Wildman–Crippen MR) is 88.2 cm³/mol. The highest BCUT2D eigenvalue weighted by Gasteiger charge is 2.60. The Hall–Kier alpha value is -1.83. The van der Waals surface area contributed by atoms with Gasteiger partial charge in [-0.2, -0.15) is 0 Å². The zero-order valence-corrected chi connectivity index (χ0v) is 14.5. The highest BCUT2D eigenvalue weighted by atomic mass is 19.3. The summed E-state index contributed by atoms with van der Waals surface area (Å²) in [6, 6.07) is 2.75. The normalized spacial score (nSPS) is 25.8. The van der Waals surface area contributed by atoms with Crippen LogP contribution in [0.4, 0.5) is 19.0 Å². The molecule has 5 nitrogen and oxygen atoms in total. The van der Waals surface area contributed by atoms with E-state index >= 15 is 0 Å². The Morgan fingerprint density at radius 2 is 2.04 bits per heavy atom. The van der Waals surface area contributed by atoms with Gasteiger partial charge >= 0.3 is 0 Å². The van der Waals surface area contributed by atoms with Crippen molar-refractivity contribution >= 4 is 11.7 Å². The minimum Gasteiger partial charge on any atom is -0.353 e. The molecule has 0 radical (unpaired) electrons. The van der Waals surface area contributed by atoms with Crippen LogP contribution in [0.2, 0.25) is 0 Å². The number of pyridine rings is 1. The maximum absolute atomic E-state index is 14.8. The lowest BCUT2D eigenvalue weighted by Gasteiger charge is -2.46. The molecule has 2 fully saturated rings. The van der Waals surface area contributed by atoms with Crippen molar-refractivity contribution in [3.8, 4) is 0 Å². The smallest absolute Gasteiger partial charge is 0.258 e. The Balaban J connectivity index is 1.81. The van der Waals surface area contributed by atoms with Crippen molar-refractivity contribution in [3.63, 3.8) is 0 Å². The summed E-state index contributed by atoms with van der Waals surface area (Å²) in [6.07, 6.45) is 1.31. The summed E-state index contributed by atoms with van der Waals surface area (Å²) < 4.78 is 43.5. The van der Waals surface area contributed by atoms with E-state index in [9.17, 15) is 18.0 Å². The summed E-state index contributed by atoms with van der Waals surface area (Å²) in [5.41, 5.74) is -1.35. The molecule has 3 heterocycles. The van der Waals surface area contributed by atoms with E-state index in [2.05, 4.69) is 4.98 Å². The summed E-state index contributed by atoms with van der Waals surface area (Å²) >= 11 is 0. The van der Waals surface area contributed by atoms with Gasteiger partial charge in [0.05, 0.1) is 12.0 Å². The molecule has 1 aromatic rings. The van der Waals surface area contributed by atoms with Gasteiger partial charge in [0.2, 0.25) is 5.91 Å². The van der Waals surface area contributed by atoms with Crippen molar-refractivity contribution in [2.75, 3.05) is 51.7 Å². The fourth-order valence-corrected chi connectivity index (χ4v) is 3.77. The van der Waals surface area contributed by atoms with Gasteiger partial charge in [0.15, 0.2) is 11.6 Å². The molecule has 0 aromatic carbocycles. The van der Waals surface area contributed by atoms with Gasteiger partial charge < -0.3 is 14.7 Å². The third-order valence-corrected chi connectivity index (χ3v) is 5.16. The highest BCUT2D eigenvalue weighted by molar-refractivity contribution is 5.78. The third-order valence-electron chi connectivity index (χ3n) is 5.16. The SMILES string of the molecule is CN(C)CC(=O)N1CCC(F)(F)[C@@]2(CCN(c3ncccc3F)C2)C1. The van der Waals surface area contributed by atoms with Gasteiger partial charge in [-0.05, 0) is 32.6 Å². The number of hydrogen-bond acceptors (Lipinski definition) is 4. The molecule has 2 aliphatic heterocycles. The monoisotopic (exact) mass is 356 g/mol. The molecule has 0 unspecified atom stereocenters. The molecule has 3 rings (SSSR count). The Bertz CT molecular complexity index is 655. The number of alkyl halides is 2. The van der Waals surface area contributed by atoms with Crippen LogP contribution in [0.25, 0.3) is 0 Å². The topological polar surface area (TPSA) is 39.7 Å². The number of piperidine rings is 1. The van der Waals surface area contributed by atoms with Gasteiger partial charge in [0.25, 0.3) is 5.92 Å². The van der Waals surface area contributed by atoms with E-state index < -0.39 is 17.2 Å². The van der Waals surface area contributed by atoms with E-state index in [0.29, 0.717) is 6.54 Å². The molecular formula is C17H23F3N4O. The lowest BCUT2D eigenvalue weighted by atomic mass is 9.75. The van der Waals surface area contributed by atoms with Crippen molar-refractivity contribution in [3.05, 3.63) is 24.1 Å². The minimum atomic E-state index is -2.89. The van der Waals surface area contributed by atoms with Gasteiger partial charge in [-0.1, -0.05) is 0 Å². The standard InChI is InChI=1S/C17H23F3N4O/c1-22(2)10-14(25)23-9-6-17(19,20)16(11-23)5-8-24(12-16)15-13(18)4-3-7-21-15/h3-4,7H,5-6,8-12H2,1-2H3/t16-/m0/s1. The fraction of sp³-hybridized carbons (Fsp3) is 0.647. The molecule has 0 bridgehead atoms. The Morgan fingerprint density at radius 1 is 1.28 bits per heavy atom. The zero-order valence-electron chi connectivity index (χ0n) is 14.5. The average Bonchev–Trinajstić information content (AvgIpc) is 2.95. The van der Waals surface area contributed by atoms with Crippen molar-refractivity contribution in [1.82, 2.24) is 14.8 Å². The molecule has 1 spiro atoms. The number of anilines is 1. The van der Waals surface area contributed by atoms with Gasteiger partial charge in [0, 0.05) is 38.8 Å². The van der Waals surface area contributed by atoms with Gasteiger partial charge in [-0.15, -0.1) is 0 Å². The van der Waals surface area contributed by atoms with E-state index in [0.717, 1.165) is 0 Å². The first-order chi connectivity index (χ1) is 11.7. The largest absolute Gasteiger partial charge is 0.353 e. The lowest BCUT2D eigenvalue weighted by Crippen LogP contribution is -2.59. The first kappa shape index (κ1) is 18.0. The second-order valence-corrected chi connectivity index (χ2v) is 7.27. The molecule has 2 saturated heterocycles. The minimum absolute atomic E-state index is 0.000320. The maximum atomic E-state index is 14.8. The van der Waals surface area contributed by atoms with E-state index in [1.54, 1.807) is 23.9 Å². The van der Waals surface area contributed by atoms with Crippen molar-refractivity contribution in [1.29, 1.82) is 0 Å². The summed E-state index contributed by atoms with van der Waals surface area (Å²) in [4.78, 5) is 21.1. The first-order valence-corrected chi connectivity index (χ1v) is 8.40. The molecule has 0 aliphatic carbocycles. The molecule has 1 aromatic heterocycles. The molecule has 1 amide bonds. The quantitative estimate of drug-likeness (QED) is 0.829. The van der Waals surface area contributed by atoms with Crippen LogP contribution in [-0.4, -0.2) is 73.4 Å². The lowest BCUT2D eigenvalue weighted by molar-refractivity contribution is -0.169. The Kier molecular flexibility index (Phi) is 4.66. The number of hydrogen-bond donors (Lipinski definition) is 0. The zero-order chi connectivity index (χ0) is 18.2. The Labute approximate surface area is 145 Å². The number of carbonyl (C=O) groups is 1. The molecule has 0 N–H and O–H groups in total. The maximum Gasteiger partial charge on any atom is 0.258 e. The van der Waals surface area contributed by atoms with Crippen LogP contribution in [0, 0.1) is 11.2 Å².